The van der Waals surface area contributed by atoms with E-state index in [2.05, 4.69) is 24.1 Å². The van der Waals surface area contributed by atoms with E-state index in [0.717, 1.165) is 31.9 Å². The van der Waals surface area contributed by atoms with Crippen LogP contribution in [0.4, 0.5) is 0 Å². The van der Waals surface area contributed by atoms with E-state index in [1.807, 2.05) is 12.1 Å². The van der Waals surface area contributed by atoms with Gasteiger partial charge in [-0.05, 0) is 30.0 Å². The first-order valence-corrected chi connectivity index (χ1v) is 9.87. The second kappa shape index (κ2) is 11.1. The third-order valence-corrected chi connectivity index (χ3v) is 5.16. The van der Waals surface area contributed by atoms with E-state index in [9.17, 15) is 4.79 Å². The quantitative estimate of drug-likeness (QED) is 0.656. The number of carbonyl (C=O) groups is 1. The van der Waals surface area contributed by atoms with Gasteiger partial charge < -0.3 is 24.3 Å². The van der Waals surface area contributed by atoms with Crippen molar-refractivity contribution in [2.24, 2.45) is 5.92 Å². The Morgan fingerprint density at radius 3 is 2.21 bits per heavy atom. The molecule has 1 aliphatic rings. The van der Waals surface area contributed by atoms with Crippen LogP contribution in [0, 0.1) is 5.92 Å². The molecule has 0 bridgehead atoms. The molecule has 1 atom stereocenters. The van der Waals surface area contributed by atoms with Gasteiger partial charge in [0.2, 0.25) is 11.7 Å². The van der Waals surface area contributed by atoms with Gasteiger partial charge in [0, 0.05) is 32.1 Å². The maximum Gasteiger partial charge on any atom is 0.220 e. The van der Waals surface area contributed by atoms with Gasteiger partial charge in [-0.25, -0.2) is 0 Å². The molecule has 28 heavy (non-hydrogen) atoms. The molecule has 1 fully saturated rings. The van der Waals surface area contributed by atoms with Gasteiger partial charge in [0.05, 0.1) is 34.5 Å². The van der Waals surface area contributed by atoms with Crippen LogP contribution < -0.4 is 19.5 Å². The first-order valence-electron chi connectivity index (χ1n) is 9.87. The molecule has 1 aromatic rings. The lowest BCUT2D eigenvalue weighted by Crippen LogP contribution is -2.51. The zero-order chi connectivity index (χ0) is 20.5. The lowest BCUT2D eigenvalue weighted by Gasteiger charge is -2.36. The summed E-state index contributed by atoms with van der Waals surface area (Å²) < 4.78 is 21.5. The van der Waals surface area contributed by atoms with E-state index in [-0.39, 0.29) is 5.91 Å². The molecule has 0 aromatic heterocycles. The van der Waals surface area contributed by atoms with E-state index >= 15 is 0 Å². The number of aryl methyl sites for hydroxylation is 1. The molecule has 7 nitrogen and oxygen atoms in total. The number of benzene rings is 1. The lowest BCUT2D eigenvalue weighted by molar-refractivity contribution is -0.121. The first-order chi connectivity index (χ1) is 13.5. The Bertz CT molecular complexity index is 604. The summed E-state index contributed by atoms with van der Waals surface area (Å²) in [5, 5.41) is 3.10. The molecule has 7 heteroatoms. The Labute approximate surface area is 168 Å². The number of amides is 1. The molecular formula is C21H34N2O5. The van der Waals surface area contributed by atoms with E-state index in [0.29, 0.717) is 48.6 Å². The fourth-order valence-corrected chi connectivity index (χ4v) is 3.54. The zero-order valence-corrected chi connectivity index (χ0v) is 17.7. The van der Waals surface area contributed by atoms with Gasteiger partial charge in [-0.1, -0.05) is 13.8 Å². The molecule has 0 radical (unpaired) electrons. The van der Waals surface area contributed by atoms with Gasteiger partial charge in [0.25, 0.3) is 0 Å². The lowest BCUT2D eigenvalue weighted by atomic mass is 10.0. The second-order valence-electron chi connectivity index (χ2n) is 7.30. The van der Waals surface area contributed by atoms with E-state index < -0.39 is 0 Å². The van der Waals surface area contributed by atoms with E-state index in [1.165, 1.54) is 0 Å². The highest BCUT2D eigenvalue weighted by atomic mass is 16.5. The van der Waals surface area contributed by atoms with Gasteiger partial charge in [0.15, 0.2) is 11.5 Å². The van der Waals surface area contributed by atoms with Gasteiger partial charge in [0.1, 0.15) is 0 Å². The number of hydrogen-bond acceptors (Lipinski definition) is 6. The van der Waals surface area contributed by atoms with Crippen molar-refractivity contribution in [2.45, 2.75) is 32.7 Å². The van der Waals surface area contributed by atoms with Crippen LogP contribution in [0.25, 0.3) is 0 Å². The molecule has 0 saturated carbocycles. The first kappa shape index (κ1) is 22.3. The molecule has 1 unspecified atom stereocenters. The van der Waals surface area contributed by atoms with Crippen molar-refractivity contribution in [1.82, 2.24) is 10.2 Å². The van der Waals surface area contributed by atoms with Crippen LogP contribution in [0.5, 0.6) is 17.2 Å². The predicted molar refractivity (Wildman–Crippen MR) is 108 cm³/mol. The Morgan fingerprint density at radius 1 is 1.11 bits per heavy atom. The van der Waals surface area contributed by atoms with Crippen LogP contribution in [0.3, 0.4) is 0 Å². The SMILES string of the molecule is COc1cc(CCC(=O)NCC(C(C)C)N2CCOCC2)cc(OC)c1OC. The van der Waals surface area contributed by atoms with Gasteiger partial charge >= 0.3 is 0 Å². The summed E-state index contributed by atoms with van der Waals surface area (Å²) in [6.07, 6.45) is 1.01. The van der Waals surface area contributed by atoms with E-state index in [4.69, 9.17) is 18.9 Å². The van der Waals surface area contributed by atoms with Crippen LogP contribution in [0.2, 0.25) is 0 Å². The van der Waals surface area contributed by atoms with Crippen molar-refractivity contribution in [3.05, 3.63) is 17.7 Å². The molecule has 1 amide bonds. The monoisotopic (exact) mass is 394 g/mol. The Morgan fingerprint density at radius 2 is 1.71 bits per heavy atom. The third kappa shape index (κ3) is 6.01. The molecule has 158 valence electrons. The Balaban J connectivity index is 1.91. The minimum atomic E-state index is 0.0488. The van der Waals surface area contributed by atoms with Crippen molar-refractivity contribution in [3.8, 4) is 17.2 Å². The third-order valence-electron chi connectivity index (χ3n) is 5.16. The van der Waals surface area contributed by atoms with Crippen molar-refractivity contribution in [3.63, 3.8) is 0 Å². The average molecular weight is 395 g/mol. The molecular weight excluding hydrogens is 360 g/mol. The van der Waals surface area contributed by atoms with Crippen molar-refractivity contribution in [1.29, 1.82) is 0 Å². The summed E-state index contributed by atoms with van der Waals surface area (Å²) in [5.41, 5.74) is 0.971. The van der Waals surface area contributed by atoms with Crippen molar-refractivity contribution < 1.29 is 23.7 Å². The number of rotatable bonds is 10. The van der Waals surface area contributed by atoms with Crippen LogP contribution >= 0.6 is 0 Å². The Hall–Kier alpha value is -1.99. The molecule has 1 heterocycles. The smallest absolute Gasteiger partial charge is 0.220 e. The summed E-state index contributed by atoms with van der Waals surface area (Å²) in [4.78, 5) is 14.8. The maximum absolute atomic E-state index is 12.4. The number of carbonyl (C=O) groups excluding carboxylic acids is 1. The number of nitrogens with zero attached hydrogens (tertiary/aromatic N) is 1. The van der Waals surface area contributed by atoms with E-state index in [1.54, 1.807) is 21.3 Å². The number of morpholine rings is 1. The van der Waals surface area contributed by atoms with Crippen molar-refractivity contribution >= 4 is 5.91 Å². The molecule has 2 rings (SSSR count). The van der Waals surface area contributed by atoms with Crippen LogP contribution in [-0.2, 0) is 16.0 Å². The summed E-state index contributed by atoms with van der Waals surface area (Å²) in [6, 6.07) is 4.10. The normalized spacial score (nSPS) is 15.9. The average Bonchev–Trinajstić information content (AvgIpc) is 2.71. The maximum atomic E-state index is 12.4. The topological polar surface area (TPSA) is 69.3 Å². The highest BCUT2D eigenvalue weighted by Gasteiger charge is 2.24. The summed E-state index contributed by atoms with van der Waals surface area (Å²) in [7, 11) is 4.75. The standard InChI is InChI=1S/C21H34N2O5/c1-15(2)17(23-8-10-28-11-9-23)14-22-20(24)7-6-16-12-18(25-3)21(27-5)19(13-16)26-4/h12-13,15,17H,6-11,14H2,1-5H3,(H,22,24). The number of hydrogen-bond donors (Lipinski definition) is 1. The second-order valence-corrected chi connectivity index (χ2v) is 7.30. The van der Waals surface area contributed by atoms with Gasteiger partial charge in [-0.2, -0.15) is 0 Å². The predicted octanol–water partition coefficient (Wildman–Crippen LogP) is 2.12. The summed E-state index contributed by atoms with van der Waals surface area (Å²) in [6.45, 7) is 8.42. The van der Waals surface area contributed by atoms with Crippen LogP contribution in [0.1, 0.15) is 25.8 Å². The fraction of sp³-hybridized carbons (Fsp3) is 0.667. The minimum absolute atomic E-state index is 0.0488. The highest BCUT2D eigenvalue weighted by Crippen LogP contribution is 2.38. The van der Waals surface area contributed by atoms with Gasteiger partial charge in [-0.3, -0.25) is 9.69 Å². The summed E-state index contributed by atoms with van der Waals surface area (Å²) in [5.74, 6) is 2.28. The van der Waals surface area contributed by atoms with Crippen molar-refractivity contribution in [2.75, 3.05) is 54.2 Å². The Kier molecular flexibility index (Phi) is 8.86. The molecule has 0 aliphatic carbocycles. The molecule has 1 N–H and O–H groups in total. The fourth-order valence-electron chi connectivity index (χ4n) is 3.54. The van der Waals surface area contributed by atoms with Gasteiger partial charge in [-0.15, -0.1) is 0 Å². The van der Waals surface area contributed by atoms with Crippen LogP contribution in [0.15, 0.2) is 12.1 Å². The zero-order valence-electron chi connectivity index (χ0n) is 17.7. The molecule has 1 aliphatic heterocycles. The number of nitrogens with one attached hydrogen (secondary N) is 1. The minimum Gasteiger partial charge on any atom is -0.493 e. The largest absolute Gasteiger partial charge is 0.493 e. The molecule has 1 saturated heterocycles. The summed E-state index contributed by atoms with van der Waals surface area (Å²) >= 11 is 0. The molecule has 0 spiro atoms. The van der Waals surface area contributed by atoms with Crippen LogP contribution in [-0.4, -0.2) is 71.0 Å². The highest BCUT2D eigenvalue weighted by molar-refractivity contribution is 5.76. The molecule has 1 aromatic carbocycles. The number of methoxy groups -OCH3 is 3. The number of ether oxygens (including phenoxy) is 4.